The Balaban J connectivity index is 0.00000240. The summed E-state index contributed by atoms with van der Waals surface area (Å²) in [7, 11) is 1.85. The molecule has 1 aliphatic rings. The van der Waals surface area contributed by atoms with Gasteiger partial charge in [0.1, 0.15) is 0 Å². The molecule has 29 heavy (non-hydrogen) atoms. The first kappa shape index (κ1) is 22.1. The van der Waals surface area contributed by atoms with Gasteiger partial charge in [0.15, 0.2) is 5.96 Å². The number of guanidine groups is 1. The van der Waals surface area contributed by atoms with Crippen molar-refractivity contribution in [3.8, 4) is 0 Å². The van der Waals surface area contributed by atoms with Crippen molar-refractivity contribution >= 4 is 52.0 Å². The van der Waals surface area contributed by atoms with Crippen molar-refractivity contribution in [3.05, 3.63) is 70.4 Å². The molecule has 0 bridgehead atoms. The number of piperidine rings is 1. The first-order valence-electron chi connectivity index (χ1n) is 9.99. The number of hydrogen-bond donors (Lipinski definition) is 2. The highest BCUT2D eigenvalue weighted by molar-refractivity contribution is 14.0. The zero-order valence-electron chi connectivity index (χ0n) is 16.8. The minimum atomic E-state index is 0. The summed E-state index contributed by atoms with van der Waals surface area (Å²) < 4.78 is 0. The van der Waals surface area contributed by atoms with Crippen LogP contribution in [-0.2, 0) is 13.1 Å². The Morgan fingerprint density at radius 1 is 1.10 bits per heavy atom. The van der Waals surface area contributed by atoms with E-state index in [4.69, 9.17) is 0 Å². The van der Waals surface area contributed by atoms with Gasteiger partial charge in [0.2, 0.25) is 0 Å². The molecule has 0 aliphatic carbocycles. The molecule has 0 unspecified atom stereocenters. The van der Waals surface area contributed by atoms with Crippen LogP contribution >= 0.6 is 35.3 Å². The third kappa shape index (κ3) is 5.93. The fourth-order valence-corrected chi connectivity index (χ4v) is 4.55. The highest BCUT2D eigenvalue weighted by Crippen LogP contribution is 2.18. The van der Waals surface area contributed by atoms with Gasteiger partial charge in [-0.25, -0.2) is 0 Å². The molecule has 4 rings (SSSR count). The van der Waals surface area contributed by atoms with E-state index in [0.717, 1.165) is 45.0 Å². The Labute approximate surface area is 194 Å². The smallest absolute Gasteiger partial charge is 0.191 e. The minimum Gasteiger partial charge on any atom is -0.354 e. The summed E-state index contributed by atoms with van der Waals surface area (Å²) in [6.45, 7) is 4.12. The van der Waals surface area contributed by atoms with Gasteiger partial charge in [-0.15, -0.1) is 24.0 Å². The molecular formula is C23H29IN4S. The monoisotopic (exact) mass is 520 g/mol. The molecule has 6 heteroatoms. The number of nitrogens with zero attached hydrogens (tertiary/aromatic N) is 2. The van der Waals surface area contributed by atoms with Crippen molar-refractivity contribution < 1.29 is 0 Å². The van der Waals surface area contributed by atoms with Gasteiger partial charge in [-0.3, -0.25) is 9.89 Å². The molecule has 2 aromatic carbocycles. The highest BCUT2D eigenvalue weighted by atomic mass is 127. The van der Waals surface area contributed by atoms with Crippen LogP contribution < -0.4 is 10.6 Å². The third-order valence-corrected chi connectivity index (χ3v) is 6.20. The number of rotatable bonds is 5. The van der Waals surface area contributed by atoms with Crippen LogP contribution in [0.2, 0.25) is 0 Å². The van der Waals surface area contributed by atoms with Gasteiger partial charge in [0.05, 0.1) is 0 Å². The van der Waals surface area contributed by atoms with Crippen molar-refractivity contribution in [1.29, 1.82) is 0 Å². The maximum atomic E-state index is 4.44. The number of thiophene rings is 1. The van der Waals surface area contributed by atoms with E-state index in [1.807, 2.05) is 7.05 Å². The van der Waals surface area contributed by atoms with Crippen LogP contribution in [0.3, 0.4) is 0 Å². The number of fused-ring (bicyclic) bond motifs is 1. The zero-order valence-corrected chi connectivity index (χ0v) is 20.0. The molecule has 1 fully saturated rings. The maximum Gasteiger partial charge on any atom is 0.191 e. The predicted molar refractivity (Wildman–Crippen MR) is 135 cm³/mol. The van der Waals surface area contributed by atoms with Crippen molar-refractivity contribution in [3.63, 3.8) is 0 Å². The van der Waals surface area contributed by atoms with Crippen molar-refractivity contribution in [2.45, 2.75) is 32.0 Å². The second-order valence-electron chi connectivity index (χ2n) is 7.39. The fraction of sp³-hybridized carbons (Fsp3) is 0.348. The van der Waals surface area contributed by atoms with Crippen LogP contribution in [0.1, 0.15) is 24.0 Å². The summed E-state index contributed by atoms with van der Waals surface area (Å²) in [6, 6.07) is 17.7. The van der Waals surface area contributed by atoms with E-state index in [9.17, 15) is 0 Å². The first-order valence-corrected chi connectivity index (χ1v) is 10.9. The minimum absolute atomic E-state index is 0. The van der Waals surface area contributed by atoms with Gasteiger partial charge in [0, 0.05) is 39.3 Å². The third-order valence-electron chi connectivity index (χ3n) is 5.46. The van der Waals surface area contributed by atoms with E-state index in [-0.39, 0.29) is 24.0 Å². The summed E-state index contributed by atoms with van der Waals surface area (Å²) >= 11 is 1.78. The molecule has 0 atom stereocenters. The average Bonchev–Trinajstić information content (AvgIpc) is 3.25. The Hall–Kier alpha value is -1.64. The second-order valence-corrected chi connectivity index (χ2v) is 8.17. The Morgan fingerprint density at radius 2 is 1.90 bits per heavy atom. The average molecular weight is 520 g/mol. The molecule has 1 aromatic heterocycles. The normalized spacial score (nSPS) is 15.8. The maximum absolute atomic E-state index is 4.44. The summed E-state index contributed by atoms with van der Waals surface area (Å²) in [6.07, 6.45) is 2.30. The first-order chi connectivity index (χ1) is 13.8. The summed E-state index contributed by atoms with van der Waals surface area (Å²) in [4.78, 5) is 6.99. The van der Waals surface area contributed by atoms with Crippen molar-refractivity contribution in [2.24, 2.45) is 4.99 Å². The fourth-order valence-electron chi connectivity index (χ4n) is 3.89. The second kappa shape index (κ2) is 10.9. The van der Waals surface area contributed by atoms with Gasteiger partial charge in [-0.05, 0) is 51.6 Å². The number of aliphatic imine (C=N–C) groups is 1. The van der Waals surface area contributed by atoms with Gasteiger partial charge in [-0.1, -0.05) is 42.5 Å². The predicted octanol–water partition coefficient (Wildman–Crippen LogP) is 4.85. The standard InChI is InChI=1S/C23H28N4S.HI/c1-24-23(25-15-20-7-4-6-19-5-2-3-8-22(19)20)26-21-9-12-27(13-10-21)16-18-11-14-28-17-18;/h2-8,11,14,17,21H,9-10,12-13,15-16H2,1H3,(H2,24,25,26);1H. The number of likely N-dealkylation sites (tertiary alicyclic amines) is 1. The molecule has 3 aromatic rings. The lowest BCUT2D eigenvalue weighted by atomic mass is 10.0. The Bertz CT molecular complexity index is 912. The molecule has 0 radical (unpaired) electrons. The van der Waals surface area contributed by atoms with E-state index < -0.39 is 0 Å². The quantitative estimate of drug-likeness (QED) is 0.287. The van der Waals surface area contributed by atoms with Gasteiger partial charge in [0.25, 0.3) is 0 Å². The van der Waals surface area contributed by atoms with Crippen molar-refractivity contribution in [2.75, 3.05) is 20.1 Å². The van der Waals surface area contributed by atoms with Crippen LogP contribution in [0.5, 0.6) is 0 Å². The molecule has 0 spiro atoms. The largest absolute Gasteiger partial charge is 0.354 e. The lowest BCUT2D eigenvalue weighted by Gasteiger charge is -2.33. The van der Waals surface area contributed by atoms with Gasteiger partial charge >= 0.3 is 0 Å². The summed E-state index contributed by atoms with van der Waals surface area (Å²) in [5.74, 6) is 0.893. The van der Waals surface area contributed by atoms with Gasteiger partial charge < -0.3 is 10.6 Å². The molecule has 2 N–H and O–H groups in total. The van der Waals surface area contributed by atoms with Crippen LogP contribution in [0.4, 0.5) is 0 Å². The summed E-state index contributed by atoms with van der Waals surface area (Å²) in [5.41, 5.74) is 2.73. The number of benzene rings is 2. The SMILES string of the molecule is CN=C(NCc1cccc2ccccc12)NC1CCN(Cc2ccsc2)CC1.I. The topological polar surface area (TPSA) is 39.7 Å². The number of nitrogens with one attached hydrogen (secondary N) is 2. The van der Waals surface area contributed by atoms with Crippen LogP contribution in [0, 0.1) is 0 Å². The van der Waals surface area contributed by atoms with E-state index in [1.165, 1.54) is 21.9 Å². The number of halogens is 1. The lowest BCUT2D eigenvalue weighted by molar-refractivity contribution is 0.198. The molecule has 0 saturated carbocycles. The Morgan fingerprint density at radius 3 is 2.66 bits per heavy atom. The Kier molecular flexibility index (Phi) is 8.32. The van der Waals surface area contributed by atoms with Crippen LogP contribution in [0.25, 0.3) is 10.8 Å². The van der Waals surface area contributed by atoms with E-state index in [2.05, 4.69) is 79.8 Å². The lowest BCUT2D eigenvalue weighted by Crippen LogP contribution is -2.48. The zero-order chi connectivity index (χ0) is 19.2. The van der Waals surface area contributed by atoms with E-state index in [0.29, 0.717) is 6.04 Å². The summed E-state index contributed by atoms with van der Waals surface area (Å²) in [5, 5.41) is 14.1. The van der Waals surface area contributed by atoms with Crippen LogP contribution in [0.15, 0.2) is 64.3 Å². The highest BCUT2D eigenvalue weighted by Gasteiger charge is 2.20. The molecular weight excluding hydrogens is 491 g/mol. The molecule has 1 saturated heterocycles. The molecule has 154 valence electrons. The molecule has 0 amide bonds. The van der Waals surface area contributed by atoms with Crippen LogP contribution in [-0.4, -0.2) is 37.0 Å². The number of hydrogen-bond acceptors (Lipinski definition) is 3. The van der Waals surface area contributed by atoms with Gasteiger partial charge in [-0.2, -0.15) is 11.3 Å². The van der Waals surface area contributed by atoms with E-state index >= 15 is 0 Å². The molecule has 1 aliphatic heterocycles. The molecule has 2 heterocycles. The van der Waals surface area contributed by atoms with Crippen molar-refractivity contribution in [1.82, 2.24) is 15.5 Å². The molecule has 4 nitrogen and oxygen atoms in total. The van der Waals surface area contributed by atoms with E-state index in [1.54, 1.807) is 11.3 Å².